The molecule has 0 aliphatic heterocycles. The summed E-state index contributed by atoms with van der Waals surface area (Å²) in [5, 5.41) is 5.96. The molecule has 2 N–H and O–H groups in total. The summed E-state index contributed by atoms with van der Waals surface area (Å²) >= 11 is 0. The number of para-hydroxylation sites is 1. The van der Waals surface area contributed by atoms with Crippen molar-refractivity contribution in [3.63, 3.8) is 0 Å². The SMILES string of the molecule is CCc1ccccc1NC(=O)CN(C)[C@H](C(=O)Nc1ccc(C)cc1)c1ccccc1. The van der Waals surface area contributed by atoms with Crippen molar-refractivity contribution >= 4 is 23.2 Å². The molecule has 1 atom stereocenters. The van der Waals surface area contributed by atoms with Gasteiger partial charge >= 0.3 is 0 Å². The fourth-order valence-corrected chi connectivity index (χ4v) is 3.55. The third-order valence-electron chi connectivity index (χ3n) is 5.19. The summed E-state index contributed by atoms with van der Waals surface area (Å²) in [4.78, 5) is 27.7. The molecule has 3 rings (SSSR count). The van der Waals surface area contributed by atoms with Crippen LogP contribution in [-0.4, -0.2) is 30.3 Å². The van der Waals surface area contributed by atoms with Crippen LogP contribution in [0.3, 0.4) is 0 Å². The third kappa shape index (κ3) is 6.03. The zero-order chi connectivity index (χ0) is 22.2. The van der Waals surface area contributed by atoms with Gasteiger partial charge in [-0.25, -0.2) is 0 Å². The van der Waals surface area contributed by atoms with Crippen LogP contribution in [-0.2, 0) is 16.0 Å². The van der Waals surface area contributed by atoms with Gasteiger partial charge in [-0.05, 0) is 49.7 Å². The van der Waals surface area contributed by atoms with Crippen LogP contribution in [0, 0.1) is 6.92 Å². The summed E-state index contributed by atoms with van der Waals surface area (Å²) in [7, 11) is 1.79. The fourth-order valence-electron chi connectivity index (χ4n) is 3.55. The summed E-state index contributed by atoms with van der Waals surface area (Å²) < 4.78 is 0. The zero-order valence-corrected chi connectivity index (χ0v) is 18.3. The Balaban J connectivity index is 1.76. The number of benzene rings is 3. The summed E-state index contributed by atoms with van der Waals surface area (Å²) in [5.41, 5.74) is 4.57. The lowest BCUT2D eigenvalue weighted by molar-refractivity contribution is -0.123. The van der Waals surface area contributed by atoms with Gasteiger partial charge in [0.25, 0.3) is 0 Å². The molecule has 3 aromatic rings. The highest BCUT2D eigenvalue weighted by molar-refractivity contribution is 5.97. The van der Waals surface area contributed by atoms with Gasteiger partial charge in [0.15, 0.2) is 0 Å². The quantitative estimate of drug-likeness (QED) is 0.555. The van der Waals surface area contributed by atoms with Crippen molar-refractivity contribution in [1.82, 2.24) is 4.90 Å². The minimum Gasteiger partial charge on any atom is -0.325 e. The molecule has 0 aliphatic rings. The maximum Gasteiger partial charge on any atom is 0.246 e. The van der Waals surface area contributed by atoms with Crippen LogP contribution in [0.4, 0.5) is 11.4 Å². The van der Waals surface area contributed by atoms with E-state index in [0.29, 0.717) is 0 Å². The van der Waals surface area contributed by atoms with E-state index in [9.17, 15) is 9.59 Å². The summed E-state index contributed by atoms with van der Waals surface area (Å²) in [5.74, 6) is -0.341. The van der Waals surface area contributed by atoms with Crippen LogP contribution in [0.15, 0.2) is 78.9 Å². The van der Waals surface area contributed by atoms with Crippen molar-refractivity contribution in [3.8, 4) is 0 Å². The Bertz CT molecular complexity index is 1020. The highest BCUT2D eigenvalue weighted by atomic mass is 16.2. The highest BCUT2D eigenvalue weighted by Gasteiger charge is 2.27. The minimum atomic E-state index is -0.602. The first-order valence-corrected chi connectivity index (χ1v) is 10.5. The van der Waals surface area contributed by atoms with Crippen molar-refractivity contribution in [1.29, 1.82) is 0 Å². The Morgan fingerprint density at radius 1 is 0.871 bits per heavy atom. The van der Waals surface area contributed by atoms with Gasteiger partial charge in [-0.1, -0.05) is 73.2 Å². The van der Waals surface area contributed by atoms with Crippen LogP contribution in [0.5, 0.6) is 0 Å². The molecule has 2 amide bonds. The average Bonchev–Trinajstić information content (AvgIpc) is 2.76. The monoisotopic (exact) mass is 415 g/mol. The van der Waals surface area contributed by atoms with Gasteiger partial charge in [-0.15, -0.1) is 0 Å². The second-order valence-electron chi connectivity index (χ2n) is 7.64. The van der Waals surface area contributed by atoms with E-state index in [4.69, 9.17) is 0 Å². The van der Waals surface area contributed by atoms with Gasteiger partial charge in [0.05, 0.1) is 6.54 Å². The molecule has 0 spiro atoms. The van der Waals surface area contributed by atoms with Crippen molar-refractivity contribution < 1.29 is 9.59 Å². The molecule has 31 heavy (non-hydrogen) atoms. The van der Waals surface area contributed by atoms with E-state index in [1.165, 1.54) is 0 Å². The Kier molecular flexibility index (Phi) is 7.57. The molecule has 5 heteroatoms. The smallest absolute Gasteiger partial charge is 0.246 e. The number of amides is 2. The van der Waals surface area contributed by atoms with E-state index in [-0.39, 0.29) is 18.4 Å². The van der Waals surface area contributed by atoms with Crippen LogP contribution in [0.2, 0.25) is 0 Å². The van der Waals surface area contributed by atoms with Gasteiger partial charge in [-0.3, -0.25) is 14.5 Å². The number of hydrogen-bond donors (Lipinski definition) is 2. The molecule has 0 radical (unpaired) electrons. The number of nitrogens with one attached hydrogen (secondary N) is 2. The van der Waals surface area contributed by atoms with Gasteiger partial charge in [-0.2, -0.15) is 0 Å². The molecule has 0 fully saturated rings. The molecule has 0 saturated carbocycles. The molecular formula is C26H29N3O2. The van der Waals surface area contributed by atoms with Crippen LogP contribution >= 0.6 is 0 Å². The van der Waals surface area contributed by atoms with Crippen molar-refractivity contribution in [2.24, 2.45) is 0 Å². The number of likely N-dealkylation sites (N-methyl/N-ethyl adjacent to an activating group) is 1. The lowest BCUT2D eigenvalue weighted by atomic mass is 10.0. The largest absolute Gasteiger partial charge is 0.325 e. The first-order chi connectivity index (χ1) is 15.0. The normalized spacial score (nSPS) is 11.7. The molecule has 5 nitrogen and oxygen atoms in total. The van der Waals surface area contributed by atoms with E-state index in [1.807, 2.05) is 85.8 Å². The maximum absolute atomic E-state index is 13.2. The first kappa shape index (κ1) is 22.2. The van der Waals surface area contributed by atoms with Crippen molar-refractivity contribution in [2.75, 3.05) is 24.2 Å². The second kappa shape index (κ2) is 10.5. The van der Waals surface area contributed by atoms with Gasteiger partial charge in [0.2, 0.25) is 11.8 Å². The van der Waals surface area contributed by atoms with Gasteiger partial charge < -0.3 is 10.6 Å². The molecule has 0 heterocycles. The highest BCUT2D eigenvalue weighted by Crippen LogP contribution is 2.22. The standard InChI is InChI=1S/C26H29N3O2/c1-4-20-10-8-9-13-23(20)28-24(30)18-29(3)25(21-11-6-5-7-12-21)26(31)27-22-16-14-19(2)15-17-22/h5-17,25H,4,18H2,1-3H3,(H,27,31)(H,28,30)/t25-/m0/s1. The second-order valence-corrected chi connectivity index (χ2v) is 7.64. The van der Waals surface area contributed by atoms with Gasteiger partial charge in [0.1, 0.15) is 6.04 Å². The van der Waals surface area contributed by atoms with E-state index in [0.717, 1.165) is 34.5 Å². The Morgan fingerprint density at radius 2 is 1.52 bits per heavy atom. The van der Waals surface area contributed by atoms with E-state index < -0.39 is 6.04 Å². The number of carbonyl (C=O) groups is 2. The zero-order valence-electron chi connectivity index (χ0n) is 18.3. The van der Waals surface area contributed by atoms with Crippen molar-refractivity contribution in [2.45, 2.75) is 26.3 Å². The van der Waals surface area contributed by atoms with Crippen molar-refractivity contribution in [3.05, 3.63) is 95.6 Å². The van der Waals surface area contributed by atoms with Crippen LogP contribution in [0.1, 0.15) is 29.7 Å². The molecule has 0 bridgehead atoms. The van der Waals surface area contributed by atoms with E-state index in [1.54, 1.807) is 11.9 Å². The predicted molar refractivity (Wildman–Crippen MR) is 126 cm³/mol. The fraction of sp³-hybridized carbons (Fsp3) is 0.231. The number of anilines is 2. The number of aryl methyl sites for hydroxylation is 2. The molecule has 0 saturated heterocycles. The molecule has 0 unspecified atom stereocenters. The topological polar surface area (TPSA) is 61.4 Å². The van der Waals surface area contributed by atoms with E-state index in [2.05, 4.69) is 17.6 Å². The molecule has 0 aliphatic carbocycles. The van der Waals surface area contributed by atoms with E-state index >= 15 is 0 Å². The number of carbonyl (C=O) groups excluding carboxylic acids is 2. The number of rotatable bonds is 8. The van der Waals surface area contributed by atoms with Crippen LogP contribution < -0.4 is 10.6 Å². The lowest BCUT2D eigenvalue weighted by Crippen LogP contribution is -2.39. The lowest BCUT2D eigenvalue weighted by Gasteiger charge is -2.27. The van der Waals surface area contributed by atoms with Crippen LogP contribution in [0.25, 0.3) is 0 Å². The summed E-state index contributed by atoms with van der Waals surface area (Å²) in [6.07, 6.45) is 0.831. The first-order valence-electron chi connectivity index (χ1n) is 10.5. The maximum atomic E-state index is 13.2. The number of hydrogen-bond acceptors (Lipinski definition) is 3. The molecular weight excluding hydrogens is 386 g/mol. The third-order valence-corrected chi connectivity index (χ3v) is 5.19. The Hall–Kier alpha value is -3.44. The number of nitrogens with zero attached hydrogens (tertiary/aromatic N) is 1. The minimum absolute atomic E-state index is 0.0823. The summed E-state index contributed by atoms with van der Waals surface area (Å²) in [6.45, 7) is 4.14. The molecule has 3 aromatic carbocycles. The Morgan fingerprint density at radius 3 is 2.19 bits per heavy atom. The predicted octanol–water partition coefficient (Wildman–Crippen LogP) is 4.81. The average molecular weight is 416 g/mol. The Labute approximate surface area is 184 Å². The van der Waals surface area contributed by atoms with Gasteiger partial charge in [0, 0.05) is 11.4 Å². The molecule has 0 aromatic heterocycles. The molecule has 160 valence electrons. The summed E-state index contributed by atoms with van der Waals surface area (Å²) in [6, 6.07) is 24.3.